The molecule has 2 rings (SSSR count). The zero-order valence-corrected chi connectivity index (χ0v) is 10.9. The number of nitrogens with zero attached hydrogens (tertiary/aromatic N) is 1. The van der Waals surface area contributed by atoms with Crippen LogP contribution in [-0.4, -0.2) is 6.54 Å². The lowest BCUT2D eigenvalue weighted by molar-refractivity contribution is -0.00000296. The molecule has 0 saturated heterocycles. The fourth-order valence-corrected chi connectivity index (χ4v) is 1.58. The van der Waals surface area contributed by atoms with Crippen molar-refractivity contribution >= 4 is 6.08 Å². The third-order valence-corrected chi connectivity index (χ3v) is 2.30. The molecular weight excluding hydrogens is 299 g/mol. The Hall–Kier alpha value is -0.680. The predicted octanol–water partition coefficient (Wildman–Crippen LogP) is -2.94. The van der Waals surface area contributed by atoms with Gasteiger partial charge in [-0.05, 0) is 18.2 Å². The van der Waals surface area contributed by atoms with E-state index in [0.717, 1.165) is 18.4 Å². The molecule has 79 valence electrons. The first-order chi connectivity index (χ1) is 6.92. The topological polar surface area (TPSA) is 26.1 Å². The van der Waals surface area contributed by atoms with E-state index in [1.54, 1.807) is 0 Å². The van der Waals surface area contributed by atoms with Gasteiger partial charge in [-0.25, -0.2) is 0 Å². The first-order valence-electron chi connectivity index (χ1n) is 4.95. The Kier molecular flexibility index (Phi) is 4.98. The third-order valence-electron chi connectivity index (χ3n) is 2.30. The summed E-state index contributed by atoms with van der Waals surface area (Å²) in [6, 6.07) is 6.25. The Balaban J connectivity index is 0.00000112. The summed E-state index contributed by atoms with van der Waals surface area (Å²) in [5.74, 6) is 0. The third kappa shape index (κ3) is 2.89. The average Bonchev–Trinajstić information content (AvgIpc) is 2.26. The highest BCUT2D eigenvalue weighted by Gasteiger charge is 2.04. The number of halogens is 1. The lowest BCUT2D eigenvalue weighted by Crippen LogP contribution is -3.00. The monoisotopic (exact) mass is 313 g/mol. The SMILES string of the molecule is CCNCc1cccc2c1=CC=C[N+]=2.[I-]. The molecule has 2 nitrogen and oxygen atoms in total. The van der Waals surface area contributed by atoms with Crippen LogP contribution in [0.15, 0.2) is 30.5 Å². The molecule has 1 radical (unpaired) electrons. The highest BCUT2D eigenvalue weighted by Crippen LogP contribution is 1.89. The summed E-state index contributed by atoms with van der Waals surface area (Å²) in [7, 11) is 0. The van der Waals surface area contributed by atoms with Gasteiger partial charge in [-0.2, -0.15) is 0 Å². The number of allylic oxidation sites excluding steroid dienone is 1. The van der Waals surface area contributed by atoms with Crippen LogP contribution in [0.4, 0.5) is 0 Å². The van der Waals surface area contributed by atoms with Crippen molar-refractivity contribution < 1.29 is 24.0 Å². The second-order valence-electron chi connectivity index (χ2n) is 3.27. The maximum Gasteiger partial charge on any atom is 0.284 e. The number of rotatable bonds is 3. The van der Waals surface area contributed by atoms with E-state index in [2.05, 4.69) is 35.4 Å². The fraction of sp³-hybridized carbons (Fsp3) is 0.250. The molecule has 0 amide bonds. The standard InChI is InChI=1S/C12H14N2.HI/c1-2-13-9-10-5-3-7-12-11(10)6-4-8-14-12;/h3-8,13H,2,9H2,1H3;1H/q+1;/p-1. The molecule has 1 N–H and O–H groups in total. The zero-order valence-electron chi connectivity index (χ0n) is 8.70. The second kappa shape index (κ2) is 6.02. The molecule has 0 aliphatic carbocycles. The maximum absolute atomic E-state index is 4.32. The quantitative estimate of drug-likeness (QED) is 0.594. The Morgan fingerprint density at radius 3 is 3.00 bits per heavy atom. The normalized spacial score (nSPS) is 12.1. The lowest BCUT2D eigenvalue weighted by Gasteiger charge is -2.01. The van der Waals surface area contributed by atoms with Crippen LogP contribution in [0.1, 0.15) is 12.5 Å². The van der Waals surface area contributed by atoms with Gasteiger partial charge in [0.05, 0.1) is 10.2 Å². The smallest absolute Gasteiger partial charge is 0.284 e. The molecule has 1 aliphatic heterocycles. The van der Waals surface area contributed by atoms with Crippen LogP contribution in [0.2, 0.25) is 0 Å². The largest absolute Gasteiger partial charge is 1.00 e. The summed E-state index contributed by atoms with van der Waals surface area (Å²) in [4.78, 5) is 4.32. The van der Waals surface area contributed by atoms with Gasteiger partial charge in [0.15, 0.2) is 0 Å². The van der Waals surface area contributed by atoms with Crippen LogP contribution in [0, 0.1) is 0 Å². The second-order valence-corrected chi connectivity index (χ2v) is 3.27. The lowest BCUT2D eigenvalue weighted by atomic mass is 10.1. The van der Waals surface area contributed by atoms with Gasteiger partial charge in [0.1, 0.15) is 0 Å². The summed E-state index contributed by atoms with van der Waals surface area (Å²) >= 11 is 0. The van der Waals surface area contributed by atoms with Crippen LogP contribution < -0.4 is 44.9 Å². The minimum atomic E-state index is 0. The summed E-state index contributed by atoms with van der Waals surface area (Å²) in [5, 5.41) is 5.65. The van der Waals surface area contributed by atoms with Crippen molar-refractivity contribution in [2.45, 2.75) is 13.5 Å². The molecule has 0 unspecified atom stereocenters. The van der Waals surface area contributed by atoms with E-state index in [4.69, 9.17) is 0 Å². The molecule has 1 aromatic rings. The molecular formula is C12H14IN2. The highest BCUT2D eigenvalue weighted by atomic mass is 127. The Bertz CT molecular complexity index is 463. The fourth-order valence-electron chi connectivity index (χ4n) is 1.58. The molecule has 0 atom stereocenters. The van der Waals surface area contributed by atoms with Gasteiger partial charge in [-0.15, -0.1) is 0 Å². The summed E-state index contributed by atoms with van der Waals surface area (Å²) in [6.07, 6.45) is 5.94. The highest BCUT2D eigenvalue weighted by molar-refractivity contribution is 5.40. The number of nitrogens with one attached hydrogen (secondary N) is 1. The first-order valence-corrected chi connectivity index (χ1v) is 4.95. The van der Waals surface area contributed by atoms with Crippen molar-refractivity contribution in [1.82, 2.24) is 10.3 Å². The van der Waals surface area contributed by atoms with Crippen LogP contribution >= 0.6 is 0 Å². The predicted molar refractivity (Wildman–Crippen MR) is 57.9 cm³/mol. The van der Waals surface area contributed by atoms with E-state index in [0.29, 0.717) is 0 Å². The molecule has 0 fully saturated rings. The average molecular weight is 313 g/mol. The van der Waals surface area contributed by atoms with Gasteiger partial charge in [0.25, 0.3) is 5.36 Å². The minimum Gasteiger partial charge on any atom is -1.00 e. The minimum absolute atomic E-state index is 0. The van der Waals surface area contributed by atoms with E-state index < -0.39 is 0 Å². The van der Waals surface area contributed by atoms with Gasteiger partial charge in [0, 0.05) is 18.7 Å². The van der Waals surface area contributed by atoms with E-state index in [-0.39, 0.29) is 24.0 Å². The van der Waals surface area contributed by atoms with Crippen molar-refractivity contribution in [3.63, 3.8) is 0 Å². The molecule has 1 aromatic carbocycles. The molecule has 1 heterocycles. The molecule has 3 heteroatoms. The first kappa shape index (κ1) is 12.4. The summed E-state index contributed by atoms with van der Waals surface area (Å²) in [6.45, 7) is 4.03. The van der Waals surface area contributed by atoms with Crippen molar-refractivity contribution in [3.05, 3.63) is 46.6 Å². The summed E-state index contributed by atoms with van der Waals surface area (Å²) in [5.41, 5.74) is 1.32. The van der Waals surface area contributed by atoms with Crippen LogP contribution in [-0.2, 0) is 6.54 Å². The van der Waals surface area contributed by atoms with Gasteiger partial charge in [0.2, 0.25) is 6.20 Å². The number of hydrogen-bond acceptors (Lipinski definition) is 2. The number of fused-ring (bicyclic) bond motifs is 1. The van der Waals surface area contributed by atoms with Crippen LogP contribution in [0.3, 0.4) is 0 Å². The Morgan fingerprint density at radius 2 is 2.20 bits per heavy atom. The molecule has 0 spiro atoms. The van der Waals surface area contributed by atoms with E-state index in [1.165, 1.54) is 10.8 Å². The van der Waals surface area contributed by atoms with E-state index in [9.17, 15) is 0 Å². The van der Waals surface area contributed by atoms with Gasteiger partial charge < -0.3 is 29.3 Å². The zero-order chi connectivity index (χ0) is 9.80. The van der Waals surface area contributed by atoms with Gasteiger partial charge in [-0.1, -0.05) is 19.1 Å². The van der Waals surface area contributed by atoms with E-state index in [1.807, 2.05) is 18.3 Å². The summed E-state index contributed by atoms with van der Waals surface area (Å²) < 4.78 is 0. The van der Waals surface area contributed by atoms with Gasteiger partial charge in [-0.3, -0.25) is 0 Å². The molecule has 0 aromatic heterocycles. The van der Waals surface area contributed by atoms with Crippen LogP contribution in [0.25, 0.3) is 6.08 Å². The van der Waals surface area contributed by atoms with E-state index >= 15 is 0 Å². The molecule has 0 saturated carbocycles. The molecule has 1 aliphatic rings. The molecule has 15 heavy (non-hydrogen) atoms. The number of benzene rings is 1. The van der Waals surface area contributed by atoms with Gasteiger partial charge >= 0.3 is 0 Å². The Morgan fingerprint density at radius 1 is 1.33 bits per heavy atom. The van der Waals surface area contributed by atoms with Crippen LogP contribution in [0.5, 0.6) is 0 Å². The maximum atomic E-state index is 4.32. The number of hydrogen-bond donors (Lipinski definition) is 1. The van der Waals surface area contributed by atoms with Crippen molar-refractivity contribution in [2.24, 2.45) is 0 Å². The van der Waals surface area contributed by atoms with Crippen molar-refractivity contribution in [2.75, 3.05) is 6.54 Å². The van der Waals surface area contributed by atoms with Crippen molar-refractivity contribution in [3.8, 4) is 0 Å². The molecule has 0 bridgehead atoms. The van der Waals surface area contributed by atoms with Crippen molar-refractivity contribution in [1.29, 1.82) is 0 Å². The Labute approximate surface area is 107 Å².